The topological polar surface area (TPSA) is 26.3 Å². The van der Waals surface area contributed by atoms with Crippen LogP contribution in [0.5, 0.6) is 0 Å². The predicted octanol–water partition coefficient (Wildman–Crippen LogP) is 4.94. The molecule has 4 heteroatoms. The summed E-state index contributed by atoms with van der Waals surface area (Å²) in [5, 5.41) is 0. The molecule has 0 bridgehead atoms. The second-order valence-electron chi connectivity index (χ2n) is 8.38. The van der Waals surface area contributed by atoms with Gasteiger partial charge in [0, 0.05) is 16.1 Å². The molecule has 0 aromatic heterocycles. The normalized spacial score (nSPS) is 13.5. The van der Waals surface area contributed by atoms with Gasteiger partial charge >= 0.3 is 5.97 Å². The maximum Gasteiger partial charge on any atom is 0.311 e. The van der Waals surface area contributed by atoms with Gasteiger partial charge in [0.25, 0.3) is 0 Å². The van der Waals surface area contributed by atoms with Crippen LogP contribution in [-0.4, -0.2) is 28.7 Å². The van der Waals surface area contributed by atoms with E-state index in [1.807, 2.05) is 20.8 Å². The summed E-state index contributed by atoms with van der Waals surface area (Å²) in [4.78, 5) is 11.8. The summed E-state index contributed by atoms with van der Waals surface area (Å²) in [5.41, 5.74) is 1.14. The average molecular weight is 303 g/mol. The van der Waals surface area contributed by atoms with Gasteiger partial charge in [-0.3, -0.25) is 4.79 Å². The second-order valence-corrected chi connectivity index (χ2v) is 19.7. The lowest BCUT2D eigenvalue weighted by atomic mass is 9.91. The molecule has 2 nitrogen and oxygen atoms in total. The van der Waals surface area contributed by atoms with Crippen LogP contribution in [0.25, 0.3) is 0 Å². The summed E-state index contributed by atoms with van der Waals surface area (Å²) >= 11 is 0. The van der Waals surface area contributed by atoms with Gasteiger partial charge in [-0.05, 0) is 26.7 Å². The van der Waals surface area contributed by atoms with Crippen molar-refractivity contribution in [2.45, 2.75) is 78.1 Å². The number of carbonyl (C=O) groups is 1. The third kappa shape index (κ3) is 8.63. The summed E-state index contributed by atoms with van der Waals surface area (Å²) in [6.07, 6.45) is 1.87. The molecule has 0 aliphatic carbocycles. The molecule has 0 radical (unpaired) electrons. The van der Waals surface area contributed by atoms with Gasteiger partial charge in [-0.1, -0.05) is 51.4 Å². The van der Waals surface area contributed by atoms with Crippen LogP contribution in [0.2, 0.25) is 44.4 Å². The standard InChI is InChI=1S/C15H34O2Si2/c1-9-15(2,3)14(16)17-11-10-12-19(7,8)13-18(4,5)6/h9-13H2,1-8H3. The Morgan fingerprint density at radius 3 is 2.05 bits per heavy atom. The molecule has 0 aliphatic heterocycles. The van der Waals surface area contributed by atoms with Crippen molar-refractivity contribution in [2.75, 3.05) is 6.61 Å². The van der Waals surface area contributed by atoms with E-state index in [0.717, 1.165) is 12.8 Å². The fraction of sp³-hybridized carbons (Fsp3) is 0.933. The van der Waals surface area contributed by atoms with Crippen LogP contribution in [0.3, 0.4) is 0 Å². The smallest absolute Gasteiger partial charge is 0.311 e. The molecule has 0 aromatic carbocycles. The van der Waals surface area contributed by atoms with Gasteiger partial charge in [-0.25, -0.2) is 0 Å². The van der Waals surface area contributed by atoms with Gasteiger partial charge in [0.05, 0.1) is 12.0 Å². The molecule has 0 amide bonds. The van der Waals surface area contributed by atoms with Gasteiger partial charge in [-0.15, -0.1) is 0 Å². The van der Waals surface area contributed by atoms with Gasteiger partial charge in [0.15, 0.2) is 0 Å². The Hall–Kier alpha value is -0.0962. The fourth-order valence-electron chi connectivity index (χ4n) is 2.58. The zero-order chi connectivity index (χ0) is 15.3. The Bertz CT molecular complexity index is 291. The lowest BCUT2D eigenvalue weighted by Crippen LogP contribution is -2.37. The van der Waals surface area contributed by atoms with E-state index >= 15 is 0 Å². The van der Waals surface area contributed by atoms with Gasteiger partial charge in [0.1, 0.15) is 0 Å². The number of esters is 1. The zero-order valence-corrected chi connectivity index (χ0v) is 16.4. The zero-order valence-electron chi connectivity index (χ0n) is 14.4. The Balaban J connectivity index is 4.02. The number of rotatable bonds is 8. The minimum atomic E-state index is -1.09. The highest BCUT2D eigenvalue weighted by atomic mass is 28.4. The summed E-state index contributed by atoms with van der Waals surface area (Å²) in [6, 6.07) is 1.27. The molecule has 0 spiro atoms. The highest BCUT2D eigenvalue weighted by molar-refractivity contribution is 6.94. The molecule has 0 saturated heterocycles. The average Bonchev–Trinajstić information content (AvgIpc) is 2.20. The molecular formula is C15H34O2Si2. The predicted molar refractivity (Wildman–Crippen MR) is 90.1 cm³/mol. The quantitative estimate of drug-likeness (QED) is 0.360. The first-order valence-electron chi connectivity index (χ1n) is 7.57. The van der Waals surface area contributed by atoms with Crippen molar-refractivity contribution in [3.63, 3.8) is 0 Å². The van der Waals surface area contributed by atoms with Gasteiger partial charge < -0.3 is 4.74 Å². The minimum Gasteiger partial charge on any atom is -0.465 e. The molecule has 0 atom stereocenters. The van der Waals surface area contributed by atoms with Crippen LogP contribution in [-0.2, 0) is 9.53 Å². The Morgan fingerprint density at radius 2 is 1.63 bits per heavy atom. The van der Waals surface area contributed by atoms with Crippen molar-refractivity contribution < 1.29 is 9.53 Å². The largest absolute Gasteiger partial charge is 0.465 e. The summed E-state index contributed by atoms with van der Waals surface area (Å²) < 4.78 is 5.42. The van der Waals surface area contributed by atoms with E-state index < -0.39 is 16.1 Å². The second kappa shape index (κ2) is 7.07. The van der Waals surface area contributed by atoms with E-state index in [-0.39, 0.29) is 11.4 Å². The van der Waals surface area contributed by atoms with Gasteiger partial charge in [0.2, 0.25) is 0 Å². The molecule has 0 N–H and O–H groups in total. The number of hydrogen-bond acceptors (Lipinski definition) is 2. The van der Waals surface area contributed by atoms with Crippen LogP contribution < -0.4 is 0 Å². The summed E-state index contributed by atoms with van der Waals surface area (Å²) in [6.45, 7) is 18.9. The summed E-state index contributed by atoms with van der Waals surface area (Å²) in [5.74, 6) is -0.0420. The highest BCUT2D eigenvalue weighted by Gasteiger charge is 2.29. The van der Waals surface area contributed by atoms with E-state index in [1.54, 1.807) is 0 Å². The van der Waals surface area contributed by atoms with Crippen molar-refractivity contribution in [1.29, 1.82) is 0 Å². The molecule has 0 rings (SSSR count). The van der Waals surface area contributed by atoms with Crippen LogP contribution in [0.4, 0.5) is 0 Å². The Labute approximate surface area is 122 Å². The van der Waals surface area contributed by atoms with Crippen LogP contribution >= 0.6 is 0 Å². The molecule has 0 aliphatic rings. The van der Waals surface area contributed by atoms with Crippen LogP contribution in [0.15, 0.2) is 0 Å². The molecule has 0 fully saturated rings. The molecule has 0 heterocycles. The first kappa shape index (κ1) is 18.9. The lowest BCUT2D eigenvalue weighted by molar-refractivity contribution is -0.154. The SMILES string of the molecule is CCC(C)(C)C(=O)OCCC[Si](C)(C)C[Si](C)(C)C. The summed E-state index contributed by atoms with van der Waals surface area (Å²) in [7, 11) is -2.05. The van der Waals surface area contributed by atoms with Crippen molar-refractivity contribution >= 4 is 22.1 Å². The van der Waals surface area contributed by atoms with Crippen molar-refractivity contribution in [1.82, 2.24) is 0 Å². The monoisotopic (exact) mass is 302 g/mol. The molecule has 0 aromatic rings. The Morgan fingerprint density at radius 1 is 1.11 bits per heavy atom. The van der Waals surface area contributed by atoms with Crippen molar-refractivity contribution in [2.24, 2.45) is 5.41 Å². The Kier molecular flexibility index (Phi) is 7.03. The van der Waals surface area contributed by atoms with E-state index in [0.29, 0.717) is 6.61 Å². The number of ether oxygens (including phenoxy) is 1. The molecule has 0 unspecified atom stereocenters. The molecule has 0 saturated carbocycles. The van der Waals surface area contributed by atoms with E-state index in [1.165, 1.54) is 11.7 Å². The molecular weight excluding hydrogens is 268 g/mol. The van der Waals surface area contributed by atoms with Crippen LogP contribution in [0, 0.1) is 5.41 Å². The third-order valence-corrected chi connectivity index (χ3v) is 13.5. The minimum absolute atomic E-state index is 0.0420. The fourth-order valence-corrected chi connectivity index (χ4v) is 15.9. The highest BCUT2D eigenvalue weighted by Crippen LogP contribution is 2.25. The van der Waals surface area contributed by atoms with E-state index in [4.69, 9.17) is 4.74 Å². The lowest BCUT2D eigenvalue weighted by Gasteiger charge is -2.29. The molecule has 114 valence electrons. The van der Waals surface area contributed by atoms with E-state index in [2.05, 4.69) is 32.7 Å². The number of hydrogen-bond donors (Lipinski definition) is 0. The molecule has 19 heavy (non-hydrogen) atoms. The van der Waals surface area contributed by atoms with Crippen LogP contribution in [0.1, 0.15) is 33.6 Å². The van der Waals surface area contributed by atoms with E-state index in [9.17, 15) is 4.79 Å². The first-order valence-corrected chi connectivity index (χ1v) is 14.7. The first-order chi connectivity index (χ1) is 8.40. The maximum atomic E-state index is 11.8. The maximum absolute atomic E-state index is 11.8. The third-order valence-electron chi connectivity index (χ3n) is 3.68. The number of carbonyl (C=O) groups excluding carboxylic acids is 1. The van der Waals surface area contributed by atoms with Gasteiger partial charge in [-0.2, -0.15) is 0 Å². The van der Waals surface area contributed by atoms with Crippen molar-refractivity contribution in [3.8, 4) is 0 Å². The van der Waals surface area contributed by atoms with Crippen molar-refractivity contribution in [3.05, 3.63) is 0 Å².